The van der Waals surface area contributed by atoms with Crippen molar-refractivity contribution in [2.45, 2.75) is 13.1 Å². The third-order valence-electron chi connectivity index (χ3n) is 4.29. The van der Waals surface area contributed by atoms with E-state index in [1.807, 2.05) is 6.92 Å². The van der Waals surface area contributed by atoms with Gasteiger partial charge < -0.3 is 20.5 Å². The van der Waals surface area contributed by atoms with Crippen LogP contribution in [0.25, 0.3) is 0 Å². The average Bonchev–Trinajstić information content (AvgIpc) is 2.77. The first kappa shape index (κ1) is 25.4. The summed E-state index contributed by atoms with van der Waals surface area (Å²) in [5.41, 5.74) is -2.23. The van der Waals surface area contributed by atoms with Gasteiger partial charge in [-0.2, -0.15) is 13.2 Å². The number of aromatic hydroxyl groups is 1. The van der Waals surface area contributed by atoms with Gasteiger partial charge in [0.1, 0.15) is 17.5 Å². The van der Waals surface area contributed by atoms with Gasteiger partial charge in [0, 0.05) is 24.7 Å². The first-order chi connectivity index (χ1) is 15.6. The van der Waals surface area contributed by atoms with Crippen LogP contribution in [-0.4, -0.2) is 48.5 Å². The molecule has 0 heterocycles. The van der Waals surface area contributed by atoms with Gasteiger partial charge in [0.2, 0.25) is 0 Å². The van der Waals surface area contributed by atoms with Crippen LogP contribution in [0.4, 0.5) is 18.9 Å². The van der Waals surface area contributed by atoms with Crippen molar-refractivity contribution in [3.63, 3.8) is 0 Å². The highest BCUT2D eigenvalue weighted by atomic mass is 19.4. The molecule has 33 heavy (non-hydrogen) atoms. The summed E-state index contributed by atoms with van der Waals surface area (Å²) in [6.45, 7) is 2.10. The number of ether oxygens (including phenoxy) is 1. The summed E-state index contributed by atoms with van der Waals surface area (Å²) in [4.78, 5) is 24.5. The molecule has 2 amide bonds. The second kappa shape index (κ2) is 11.7. The molecule has 2 rings (SSSR count). The fraction of sp³-hybridized carbons (Fsp3) is 0.227. The number of nitrogens with one attached hydrogen (secondary N) is 3. The Bertz CT molecular complexity index is 1020. The Balaban J connectivity index is 1.96. The molecular formula is C22H24F3N4O4+. The second-order valence-electron chi connectivity index (χ2n) is 6.65. The number of phenols is 1. The quantitative estimate of drug-likeness (QED) is 0.121. The molecule has 8 nitrogen and oxygen atoms in total. The van der Waals surface area contributed by atoms with E-state index in [2.05, 4.69) is 10.6 Å². The smallest absolute Gasteiger partial charge is 0.433 e. The van der Waals surface area contributed by atoms with Crippen molar-refractivity contribution < 1.29 is 37.9 Å². The number of amides is 2. The molecule has 2 aromatic rings. The molecule has 0 unspecified atom stereocenters. The first-order valence-corrected chi connectivity index (χ1v) is 9.92. The van der Waals surface area contributed by atoms with Crippen LogP contribution in [0.5, 0.6) is 11.5 Å². The number of nitrogens with two attached hydrogens (primary N) is 1. The highest BCUT2D eigenvalue weighted by Crippen LogP contribution is 2.21. The molecule has 0 atom stereocenters. The summed E-state index contributed by atoms with van der Waals surface area (Å²) >= 11 is 0. The molecular weight excluding hydrogens is 441 g/mol. The number of alkyl halides is 3. The SMILES string of the molecule is CCOc1ccc(C(=O)NCCNC(=O)/C(=C/[NH2+]c2ccccc2O)C(=N)C(F)(F)F)cc1. The molecule has 0 aliphatic heterocycles. The Morgan fingerprint density at radius 1 is 1.09 bits per heavy atom. The van der Waals surface area contributed by atoms with Crippen LogP contribution in [0, 0.1) is 5.41 Å². The predicted octanol–water partition coefficient (Wildman–Crippen LogP) is 2.00. The number of rotatable bonds is 10. The molecule has 176 valence electrons. The van der Waals surface area contributed by atoms with Crippen molar-refractivity contribution in [1.29, 1.82) is 5.41 Å². The summed E-state index contributed by atoms with van der Waals surface area (Å²) in [5.74, 6) is -1.16. The zero-order valence-corrected chi connectivity index (χ0v) is 17.7. The molecule has 0 radical (unpaired) electrons. The van der Waals surface area contributed by atoms with E-state index in [0.717, 1.165) is 11.5 Å². The van der Waals surface area contributed by atoms with Gasteiger partial charge in [-0.1, -0.05) is 12.1 Å². The Morgan fingerprint density at radius 3 is 2.33 bits per heavy atom. The van der Waals surface area contributed by atoms with Crippen molar-refractivity contribution in [2.75, 3.05) is 19.7 Å². The minimum atomic E-state index is -5.04. The Kier molecular flexibility index (Phi) is 8.98. The highest BCUT2D eigenvalue weighted by molar-refractivity contribution is 6.22. The summed E-state index contributed by atoms with van der Waals surface area (Å²) < 4.78 is 44.4. The third-order valence-corrected chi connectivity index (χ3v) is 4.29. The lowest BCUT2D eigenvalue weighted by atomic mass is 10.1. The van der Waals surface area contributed by atoms with Gasteiger partial charge in [-0.15, -0.1) is 0 Å². The molecule has 0 fully saturated rings. The summed E-state index contributed by atoms with van der Waals surface area (Å²) in [7, 11) is 0. The molecule has 11 heteroatoms. The van der Waals surface area contributed by atoms with Gasteiger partial charge >= 0.3 is 6.18 Å². The number of carbonyl (C=O) groups excluding carboxylic acids is 2. The maximum absolute atomic E-state index is 13.0. The summed E-state index contributed by atoms with van der Waals surface area (Å²) in [6, 6.07) is 12.2. The fourth-order valence-electron chi connectivity index (χ4n) is 2.65. The second-order valence-corrected chi connectivity index (χ2v) is 6.65. The van der Waals surface area contributed by atoms with E-state index in [4.69, 9.17) is 10.1 Å². The monoisotopic (exact) mass is 465 g/mol. The first-order valence-electron chi connectivity index (χ1n) is 9.92. The maximum atomic E-state index is 13.0. The molecule has 0 aliphatic rings. The van der Waals surface area contributed by atoms with Gasteiger partial charge in [0.25, 0.3) is 11.8 Å². The van der Waals surface area contributed by atoms with Gasteiger partial charge in [-0.25, -0.2) is 0 Å². The zero-order chi connectivity index (χ0) is 24.4. The van der Waals surface area contributed by atoms with Crippen molar-refractivity contribution in [2.24, 2.45) is 0 Å². The number of benzene rings is 2. The number of phenolic OH excluding ortho intramolecular Hbond substituents is 1. The fourth-order valence-corrected chi connectivity index (χ4v) is 2.65. The van der Waals surface area contributed by atoms with E-state index >= 15 is 0 Å². The molecule has 0 bridgehead atoms. The van der Waals surface area contributed by atoms with Crippen LogP contribution >= 0.6 is 0 Å². The maximum Gasteiger partial charge on any atom is 0.433 e. The van der Waals surface area contributed by atoms with Crippen LogP contribution < -0.4 is 20.7 Å². The topological polar surface area (TPSA) is 128 Å². The normalized spacial score (nSPS) is 11.6. The Labute approximate surface area is 188 Å². The third kappa shape index (κ3) is 7.65. The Morgan fingerprint density at radius 2 is 1.73 bits per heavy atom. The molecule has 2 aromatic carbocycles. The zero-order valence-electron chi connectivity index (χ0n) is 17.7. The summed E-state index contributed by atoms with van der Waals surface area (Å²) in [6.07, 6.45) is -4.23. The molecule has 0 saturated carbocycles. The van der Waals surface area contributed by atoms with Gasteiger partial charge in [-0.3, -0.25) is 20.3 Å². The lowest BCUT2D eigenvalue weighted by Gasteiger charge is -2.12. The minimum absolute atomic E-state index is 0.0480. The van der Waals surface area contributed by atoms with Gasteiger partial charge in [0.05, 0.1) is 6.61 Å². The lowest BCUT2D eigenvalue weighted by molar-refractivity contribution is -0.497. The number of para-hydroxylation sites is 2. The number of halogens is 3. The minimum Gasteiger partial charge on any atom is -0.503 e. The van der Waals surface area contributed by atoms with E-state index in [9.17, 15) is 27.9 Å². The van der Waals surface area contributed by atoms with Crippen molar-refractivity contribution in [3.8, 4) is 11.5 Å². The molecule has 0 aliphatic carbocycles. The van der Waals surface area contributed by atoms with E-state index < -0.39 is 29.3 Å². The molecule has 6 N–H and O–H groups in total. The molecule has 0 aromatic heterocycles. The standard InChI is InChI=1S/C22H23F3N4O4/c1-2-33-15-9-7-14(8-10-15)20(31)27-11-12-28-21(32)16(19(26)22(23,24)25)13-29-17-5-3-4-6-18(17)30/h3-10,13,26,29-30H,2,11-12H2,1H3,(H,27,31)(H,28,32)/p+1/b16-13+,26-19?. The number of quaternary nitrogens is 1. The van der Waals surface area contributed by atoms with Crippen LogP contribution in [0.1, 0.15) is 17.3 Å². The predicted molar refractivity (Wildman–Crippen MR) is 115 cm³/mol. The van der Waals surface area contributed by atoms with Crippen LogP contribution in [0.3, 0.4) is 0 Å². The molecule has 0 saturated heterocycles. The Hall–Kier alpha value is -3.86. The number of hydrogen-bond donors (Lipinski definition) is 5. The van der Waals surface area contributed by atoms with E-state index in [1.54, 1.807) is 30.3 Å². The van der Waals surface area contributed by atoms with Crippen LogP contribution in [-0.2, 0) is 4.79 Å². The highest BCUT2D eigenvalue weighted by Gasteiger charge is 2.40. The molecule has 0 spiro atoms. The van der Waals surface area contributed by atoms with Crippen molar-refractivity contribution in [1.82, 2.24) is 10.6 Å². The number of hydrogen-bond acceptors (Lipinski definition) is 5. The van der Waals surface area contributed by atoms with E-state index in [0.29, 0.717) is 17.9 Å². The largest absolute Gasteiger partial charge is 0.503 e. The van der Waals surface area contributed by atoms with Gasteiger partial charge in [-0.05, 0) is 37.3 Å². The summed E-state index contributed by atoms with van der Waals surface area (Å²) in [5, 5.41) is 23.0. The van der Waals surface area contributed by atoms with E-state index in [1.165, 1.54) is 18.2 Å². The lowest BCUT2D eigenvalue weighted by Crippen LogP contribution is -2.72. The van der Waals surface area contributed by atoms with Crippen LogP contribution in [0.2, 0.25) is 0 Å². The van der Waals surface area contributed by atoms with Gasteiger partial charge in [0.15, 0.2) is 17.1 Å². The van der Waals surface area contributed by atoms with Crippen LogP contribution in [0.15, 0.2) is 60.3 Å². The van der Waals surface area contributed by atoms with Crippen molar-refractivity contribution in [3.05, 3.63) is 65.9 Å². The average molecular weight is 465 g/mol. The van der Waals surface area contributed by atoms with Crippen molar-refractivity contribution >= 4 is 23.2 Å². The number of carbonyl (C=O) groups is 2. The van der Waals surface area contributed by atoms with E-state index in [-0.39, 0.29) is 24.5 Å².